The van der Waals surface area contributed by atoms with E-state index in [9.17, 15) is 9.59 Å². The fourth-order valence-electron chi connectivity index (χ4n) is 4.87. The second-order valence-electron chi connectivity index (χ2n) is 9.28. The van der Waals surface area contributed by atoms with E-state index in [-0.39, 0.29) is 24.8 Å². The zero-order valence-electron chi connectivity index (χ0n) is 20.6. The van der Waals surface area contributed by atoms with Crippen molar-refractivity contribution in [3.8, 4) is 11.1 Å². The first-order chi connectivity index (χ1) is 17.8. The van der Waals surface area contributed by atoms with Gasteiger partial charge in [0.15, 0.2) is 0 Å². The Morgan fingerprint density at radius 3 is 2.35 bits per heavy atom. The molecule has 0 fully saturated rings. The Kier molecular flexibility index (Phi) is 6.89. The van der Waals surface area contributed by atoms with Gasteiger partial charge in [-0.1, -0.05) is 76.1 Å². The zero-order valence-corrected chi connectivity index (χ0v) is 22.2. The molecule has 186 valence electrons. The minimum atomic E-state index is -1.01. The maximum absolute atomic E-state index is 13.2. The number of fused-ring (bicyclic) bond motifs is 1. The van der Waals surface area contributed by atoms with Crippen LogP contribution in [0.25, 0.3) is 22.0 Å². The number of aliphatic carboxylic acids is 1. The first-order valence-electron chi connectivity index (χ1n) is 12.2. The number of amides is 1. The highest BCUT2D eigenvalue weighted by Crippen LogP contribution is 2.39. The number of hydrogen-bond donors (Lipinski definition) is 1. The Balaban J connectivity index is 1.67. The van der Waals surface area contributed by atoms with E-state index in [1.165, 1.54) is 10.6 Å². The number of benzene rings is 3. The van der Waals surface area contributed by atoms with E-state index >= 15 is 0 Å². The summed E-state index contributed by atoms with van der Waals surface area (Å²) in [5.41, 5.74) is 7.62. The maximum Gasteiger partial charge on any atom is 0.303 e. The molecule has 0 spiro atoms. The third-order valence-corrected chi connectivity index (χ3v) is 7.20. The molecule has 1 aromatic heterocycles. The Bertz CT molecular complexity index is 1530. The Hall–Kier alpha value is -3.84. The molecule has 1 N–H and O–H groups in total. The van der Waals surface area contributed by atoms with E-state index in [0.29, 0.717) is 6.42 Å². The molecule has 0 aliphatic carbocycles. The number of carbonyl (C=O) groups excluding carboxylic acids is 1. The molecule has 0 bridgehead atoms. The van der Waals surface area contributed by atoms with Crippen molar-refractivity contribution in [1.29, 1.82) is 0 Å². The predicted molar refractivity (Wildman–Crippen MR) is 148 cm³/mol. The van der Waals surface area contributed by atoms with Crippen LogP contribution >= 0.6 is 15.9 Å². The summed E-state index contributed by atoms with van der Waals surface area (Å²) < 4.78 is 0.940. The van der Waals surface area contributed by atoms with Crippen LogP contribution in [0.2, 0.25) is 0 Å². The molecule has 1 unspecified atom stereocenters. The standard InChI is InChI=1S/C30H26BrN3O3/c1-18-7-9-21(10-8-18)30-23-5-3-4-6-24(23)32-19(2)29(30)25-17-26(20-11-13-22(31)14-12-20)34(33-25)27(35)15-16-28(36)37/h3-14,26H,15-17H2,1-2H3,(H,36,37). The number of nitrogens with zero attached hydrogens (tertiary/aromatic N) is 3. The Labute approximate surface area is 223 Å². The average Bonchev–Trinajstić information content (AvgIpc) is 3.32. The number of carboxylic acid groups (broad SMARTS) is 1. The highest BCUT2D eigenvalue weighted by atomic mass is 79.9. The van der Waals surface area contributed by atoms with E-state index in [1.807, 2.05) is 49.4 Å². The third kappa shape index (κ3) is 5.04. The van der Waals surface area contributed by atoms with Crippen LogP contribution in [0.1, 0.15) is 47.7 Å². The van der Waals surface area contributed by atoms with Crippen molar-refractivity contribution in [2.75, 3.05) is 0 Å². The Morgan fingerprint density at radius 2 is 1.65 bits per heavy atom. The lowest BCUT2D eigenvalue weighted by atomic mass is 9.89. The van der Waals surface area contributed by atoms with Crippen LogP contribution in [0.4, 0.5) is 0 Å². The molecule has 37 heavy (non-hydrogen) atoms. The van der Waals surface area contributed by atoms with E-state index in [4.69, 9.17) is 15.2 Å². The maximum atomic E-state index is 13.2. The monoisotopic (exact) mass is 555 g/mol. The third-order valence-electron chi connectivity index (χ3n) is 6.68. The lowest BCUT2D eigenvalue weighted by Gasteiger charge is -2.22. The van der Waals surface area contributed by atoms with Crippen molar-refractivity contribution < 1.29 is 14.7 Å². The smallest absolute Gasteiger partial charge is 0.303 e. The second kappa shape index (κ2) is 10.3. The molecular formula is C30H26BrN3O3. The van der Waals surface area contributed by atoms with Gasteiger partial charge < -0.3 is 5.11 Å². The fourth-order valence-corrected chi connectivity index (χ4v) is 5.14. The summed E-state index contributed by atoms with van der Waals surface area (Å²) in [5.74, 6) is -1.32. The van der Waals surface area contributed by atoms with Crippen molar-refractivity contribution in [3.63, 3.8) is 0 Å². The minimum Gasteiger partial charge on any atom is -0.481 e. The summed E-state index contributed by atoms with van der Waals surface area (Å²) in [6.45, 7) is 4.04. The van der Waals surface area contributed by atoms with Crippen LogP contribution in [0.3, 0.4) is 0 Å². The number of aromatic nitrogens is 1. The van der Waals surface area contributed by atoms with Gasteiger partial charge in [0.1, 0.15) is 0 Å². The highest BCUT2D eigenvalue weighted by Gasteiger charge is 2.35. The number of pyridine rings is 1. The Morgan fingerprint density at radius 1 is 0.946 bits per heavy atom. The van der Waals surface area contributed by atoms with Gasteiger partial charge in [-0.05, 0) is 43.2 Å². The summed E-state index contributed by atoms with van der Waals surface area (Å²) in [4.78, 5) is 29.3. The number of hydrazone groups is 1. The molecule has 1 aliphatic rings. The predicted octanol–water partition coefficient (Wildman–Crippen LogP) is 6.82. The largest absolute Gasteiger partial charge is 0.481 e. The van der Waals surface area contributed by atoms with Gasteiger partial charge in [-0.3, -0.25) is 14.6 Å². The first-order valence-corrected chi connectivity index (χ1v) is 12.9. The van der Waals surface area contributed by atoms with E-state index < -0.39 is 5.97 Å². The van der Waals surface area contributed by atoms with Gasteiger partial charge in [-0.15, -0.1) is 0 Å². The van der Waals surface area contributed by atoms with Gasteiger partial charge in [0.25, 0.3) is 0 Å². The van der Waals surface area contributed by atoms with Crippen molar-refractivity contribution in [2.45, 2.75) is 39.2 Å². The van der Waals surface area contributed by atoms with Gasteiger partial charge in [-0.25, -0.2) is 5.01 Å². The van der Waals surface area contributed by atoms with Crippen LogP contribution in [-0.4, -0.2) is 32.7 Å². The number of para-hydroxylation sites is 1. The quantitative estimate of drug-likeness (QED) is 0.283. The highest BCUT2D eigenvalue weighted by molar-refractivity contribution is 9.10. The summed E-state index contributed by atoms with van der Waals surface area (Å²) in [6, 6.07) is 23.9. The molecule has 1 amide bonds. The number of hydrogen-bond acceptors (Lipinski definition) is 4. The van der Waals surface area contributed by atoms with Crippen LogP contribution < -0.4 is 0 Å². The minimum absolute atomic E-state index is 0.112. The number of carbonyl (C=O) groups is 2. The molecule has 5 rings (SSSR count). The second-order valence-corrected chi connectivity index (χ2v) is 10.2. The SMILES string of the molecule is Cc1ccc(-c2c(C3=NN(C(=O)CCC(=O)O)C(c4ccc(Br)cc4)C3)c(C)nc3ccccc23)cc1. The molecule has 2 heterocycles. The van der Waals surface area contributed by atoms with Crippen molar-refractivity contribution >= 4 is 44.4 Å². The lowest BCUT2D eigenvalue weighted by molar-refractivity contribution is -0.141. The molecule has 1 aliphatic heterocycles. The van der Waals surface area contributed by atoms with E-state index in [2.05, 4.69) is 53.2 Å². The van der Waals surface area contributed by atoms with Crippen LogP contribution in [0.5, 0.6) is 0 Å². The molecule has 1 atom stereocenters. The summed E-state index contributed by atoms with van der Waals surface area (Å²) in [7, 11) is 0. The van der Waals surface area contributed by atoms with Gasteiger partial charge in [0.05, 0.1) is 23.7 Å². The molecule has 0 saturated heterocycles. The molecule has 6 nitrogen and oxygen atoms in total. The molecule has 3 aromatic carbocycles. The molecule has 4 aromatic rings. The van der Waals surface area contributed by atoms with Gasteiger partial charge in [0, 0.05) is 39.5 Å². The number of rotatable bonds is 6. The van der Waals surface area contributed by atoms with Crippen molar-refractivity contribution in [2.24, 2.45) is 5.10 Å². The molecule has 0 saturated carbocycles. The van der Waals surface area contributed by atoms with Crippen LogP contribution in [-0.2, 0) is 9.59 Å². The van der Waals surface area contributed by atoms with E-state index in [1.54, 1.807) is 0 Å². The van der Waals surface area contributed by atoms with Gasteiger partial charge in [0.2, 0.25) is 5.91 Å². The topological polar surface area (TPSA) is 82.9 Å². The van der Waals surface area contributed by atoms with Gasteiger partial charge in [-0.2, -0.15) is 5.10 Å². The number of halogens is 1. The summed E-state index contributed by atoms with van der Waals surface area (Å²) in [5, 5.41) is 16.5. The zero-order chi connectivity index (χ0) is 26.1. The number of aryl methyl sites for hydroxylation is 2. The first kappa shape index (κ1) is 24.8. The van der Waals surface area contributed by atoms with Gasteiger partial charge >= 0.3 is 5.97 Å². The normalized spacial score (nSPS) is 15.2. The van der Waals surface area contributed by atoms with Crippen LogP contribution in [0, 0.1) is 13.8 Å². The van der Waals surface area contributed by atoms with Crippen molar-refractivity contribution in [3.05, 3.63) is 99.7 Å². The summed E-state index contributed by atoms with van der Waals surface area (Å²) >= 11 is 3.48. The van der Waals surface area contributed by atoms with Crippen molar-refractivity contribution in [1.82, 2.24) is 9.99 Å². The number of carboxylic acids is 1. The van der Waals surface area contributed by atoms with Crippen LogP contribution in [0.15, 0.2) is 82.4 Å². The molecule has 7 heteroatoms. The molecular weight excluding hydrogens is 530 g/mol. The average molecular weight is 556 g/mol. The lowest BCUT2D eigenvalue weighted by Crippen LogP contribution is -2.27. The molecule has 0 radical (unpaired) electrons. The van der Waals surface area contributed by atoms with E-state index in [0.717, 1.165) is 49.0 Å². The fraction of sp³-hybridized carbons (Fsp3) is 0.200. The summed E-state index contributed by atoms with van der Waals surface area (Å²) in [6.07, 6.45) is 0.150.